The zero-order valence-corrected chi connectivity index (χ0v) is 22.6. The molecule has 3 unspecified atom stereocenters. The number of carbonyl (C=O) groups excluding carboxylic acids is 2. The van der Waals surface area contributed by atoms with Crippen LogP contribution in [0.2, 0.25) is 0 Å². The van der Waals surface area contributed by atoms with E-state index in [1.54, 1.807) is 0 Å². The molecule has 1 aliphatic rings. The average molecular weight is 497 g/mol. The molecular weight excluding hydrogens is 444 g/mol. The van der Waals surface area contributed by atoms with Gasteiger partial charge in [0.15, 0.2) is 0 Å². The van der Waals surface area contributed by atoms with Crippen LogP contribution in [0.5, 0.6) is 0 Å². The van der Waals surface area contributed by atoms with Crippen molar-refractivity contribution in [3.8, 4) is 0 Å². The van der Waals surface area contributed by atoms with E-state index in [1.807, 2.05) is 0 Å². The number of hydrogen-bond donors (Lipinski definition) is 1. The number of hydrogen-bond acceptors (Lipinski definition) is 5. The van der Waals surface area contributed by atoms with Crippen LogP contribution in [-0.4, -0.2) is 36.2 Å². The first-order chi connectivity index (χ1) is 17.0. The van der Waals surface area contributed by atoms with Crippen molar-refractivity contribution in [2.45, 2.75) is 136 Å². The molecule has 35 heavy (non-hydrogen) atoms. The second-order valence-corrected chi connectivity index (χ2v) is 10.3. The molecular formula is C29H52O6. The van der Waals surface area contributed by atoms with Crippen molar-refractivity contribution in [3.63, 3.8) is 0 Å². The predicted molar refractivity (Wildman–Crippen MR) is 139 cm³/mol. The molecule has 1 saturated carbocycles. The Morgan fingerprint density at radius 3 is 1.43 bits per heavy atom. The third-order valence-electron chi connectivity index (χ3n) is 7.29. The number of carbonyl (C=O) groups is 3. The highest BCUT2D eigenvalue weighted by molar-refractivity contribution is 5.83. The van der Waals surface area contributed by atoms with Gasteiger partial charge in [-0.25, -0.2) is 0 Å². The molecule has 0 bridgehead atoms. The van der Waals surface area contributed by atoms with Crippen molar-refractivity contribution in [1.82, 2.24) is 0 Å². The lowest BCUT2D eigenvalue weighted by Gasteiger charge is -2.31. The highest BCUT2D eigenvalue weighted by Crippen LogP contribution is 2.36. The van der Waals surface area contributed by atoms with E-state index in [0.29, 0.717) is 26.1 Å². The highest BCUT2D eigenvalue weighted by atomic mass is 16.5. The number of rotatable bonds is 21. The summed E-state index contributed by atoms with van der Waals surface area (Å²) in [5.74, 6) is -3.63. The summed E-state index contributed by atoms with van der Waals surface area (Å²) >= 11 is 0. The van der Waals surface area contributed by atoms with Gasteiger partial charge in [-0.05, 0) is 32.1 Å². The topological polar surface area (TPSA) is 89.9 Å². The molecule has 0 aromatic carbocycles. The summed E-state index contributed by atoms with van der Waals surface area (Å²) in [5, 5.41) is 9.44. The maximum absolute atomic E-state index is 12.8. The number of carboxylic acid groups (broad SMARTS) is 1. The zero-order valence-electron chi connectivity index (χ0n) is 22.6. The molecule has 0 aromatic heterocycles. The van der Waals surface area contributed by atoms with Crippen LogP contribution >= 0.6 is 0 Å². The highest BCUT2D eigenvalue weighted by Gasteiger charge is 2.43. The van der Waals surface area contributed by atoms with E-state index in [2.05, 4.69) is 13.8 Å². The fourth-order valence-electron chi connectivity index (χ4n) is 4.97. The molecule has 0 aliphatic heterocycles. The molecule has 0 aromatic rings. The van der Waals surface area contributed by atoms with Crippen LogP contribution in [0.15, 0.2) is 0 Å². The normalized spacial score (nSPS) is 19.9. The Bertz CT molecular complexity index is 576. The summed E-state index contributed by atoms with van der Waals surface area (Å²) in [7, 11) is 0. The van der Waals surface area contributed by atoms with Crippen LogP contribution in [0.3, 0.4) is 0 Å². The Morgan fingerprint density at radius 2 is 1.00 bits per heavy atom. The van der Waals surface area contributed by atoms with Gasteiger partial charge < -0.3 is 14.6 Å². The lowest BCUT2D eigenvalue weighted by molar-refractivity contribution is -0.166. The second kappa shape index (κ2) is 20.6. The molecule has 0 spiro atoms. The average Bonchev–Trinajstić information content (AvgIpc) is 2.86. The summed E-state index contributed by atoms with van der Waals surface area (Å²) < 4.78 is 11.0. The molecule has 204 valence electrons. The summed E-state index contributed by atoms with van der Waals surface area (Å²) in [5.41, 5.74) is 0. The molecule has 1 fully saturated rings. The van der Waals surface area contributed by atoms with Gasteiger partial charge in [-0.2, -0.15) is 0 Å². The maximum atomic E-state index is 12.8. The zero-order chi connectivity index (χ0) is 25.7. The minimum Gasteiger partial charge on any atom is -0.481 e. The van der Waals surface area contributed by atoms with E-state index in [9.17, 15) is 19.5 Å². The predicted octanol–water partition coefficient (Wildman–Crippen LogP) is 7.47. The smallest absolute Gasteiger partial charge is 0.309 e. The van der Waals surface area contributed by atoms with Crippen LogP contribution < -0.4 is 0 Å². The fraction of sp³-hybridized carbons (Fsp3) is 0.897. The summed E-state index contributed by atoms with van der Waals surface area (Å²) in [6, 6.07) is 0. The van der Waals surface area contributed by atoms with E-state index in [0.717, 1.165) is 38.5 Å². The summed E-state index contributed by atoms with van der Waals surface area (Å²) in [6.45, 7) is 5.12. The van der Waals surface area contributed by atoms with E-state index >= 15 is 0 Å². The van der Waals surface area contributed by atoms with E-state index < -0.39 is 29.7 Å². The first-order valence-corrected chi connectivity index (χ1v) is 14.6. The minimum atomic E-state index is -0.906. The van der Waals surface area contributed by atoms with Gasteiger partial charge in [0.25, 0.3) is 0 Å². The van der Waals surface area contributed by atoms with Gasteiger partial charge in [-0.15, -0.1) is 0 Å². The third-order valence-corrected chi connectivity index (χ3v) is 7.29. The summed E-state index contributed by atoms with van der Waals surface area (Å²) in [6.07, 6.45) is 19.5. The quantitative estimate of drug-likeness (QED) is 0.131. The molecule has 6 nitrogen and oxygen atoms in total. The SMILES string of the molecule is CCCCCCCCCCOC(=O)C1CCC(C(=O)O)CC1C(=O)OCCCCCCCCCC. The molecule has 3 atom stereocenters. The van der Waals surface area contributed by atoms with Gasteiger partial charge in [0.05, 0.1) is 31.0 Å². The molecule has 0 heterocycles. The van der Waals surface area contributed by atoms with Gasteiger partial charge in [-0.1, -0.05) is 104 Å². The third kappa shape index (κ3) is 14.5. The summed E-state index contributed by atoms with van der Waals surface area (Å²) in [4.78, 5) is 37.0. The van der Waals surface area contributed by atoms with Crippen molar-refractivity contribution >= 4 is 17.9 Å². The van der Waals surface area contributed by atoms with Crippen molar-refractivity contribution < 1.29 is 29.0 Å². The van der Waals surface area contributed by atoms with E-state index in [4.69, 9.17) is 9.47 Å². The molecule has 0 saturated heterocycles. The standard InChI is InChI=1S/C29H52O6/c1-3-5-7-9-11-13-15-17-21-34-28(32)25-20-19-24(27(30)31)23-26(25)29(33)35-22-18-16-14-12-10-8-6-4-2/h24-26H,3-23H2,1-2H3,(H,30,31). The van der Waals surface area contributed by atoms with Gasteiger partial charge in [0, 0.05) is 0 Å². The minimum absolute atomic E-state index is 0.156. The molecule has 1 rings (SSSR count). The van der Waals surface area contributed by atoms with Gasteiger partial charge in [0.1, 0.15) is 0 Å². The fourth-order valence-corrected chi connectivity index (χ4v) is 4.97. The number of carboxylic acids is 1. The van der Waals surface area contributed by atoms with Gasteiger partial charge >= 0.3 is 17.9 Å². The first-order valence-electron chi connectivity index (χ1n) is 14.6. The Balaban J connectivity index is 2.35. The number of esters is 2. The Labute approximate surface area is 213 Å². The van der Waals surface area contributed by atoms with Crippen LogP contribution in [0.4, 0.5) is 0 Å². The van der Waals surface area contributed by atoms with Crippen LogP contribution in [-0.2, 0) is 23.9 Å². The van der Waals surface area contributed by atoms with Crippen LogP contribution in [0.1, 0.15) is 136 Å². The van der Waals surface area contributed by atoms with Crippen LogP contribution in [0.25, 0.3) is 0 Å². The Morgan fingerprint density at radius 1 is 0.600 bits per heavy atom. The number of aliphatic carboxylic acids is 1. The Kier molecular flexibility index (Phi) is 18.5. The molecule has 0 radical (unpaired) electrons. The first kappa shape index (κ1) is 31.4. The number of unbranched alkanes of at least 4 members (excludes halogenated alkanes) is 14. The van der Waals surface area contributed by atoms with Gasteiger partial charge in [0.2, 0.25) is 0 Å². The number of ether oxygens (including phenoxy) is 2. The second-order valence-electron chi connectivity index (χ2n) is 10.3. The van der Waals surface area contributed by atoms with E-state index in [-0.39, 0.29) is 12.4 Å². The monoisotopic (exact) mass is 496 g/mol. The molecule has 0 amide bonds. The van der Waals surface area contributed by atoms with Crippen molar-refractivity contribution in [3.05, 3.63) is 0 Å². The molecule has 6 heteroatoms. The van der Waals surface area contributed by atoms with Crippen molar-refractivity contribution in [1.29, 1.82) is 0 Å². The maximum Gasteiger partial charge on any atom is 0.309 e. The van der Waals surface area contributed by atoms with E-state index in [1.165, 1.54) is 64.2 Å². The Hall–Kier alpha value is -1.59. The van der Waals surface area contributed by atoms with Crippen LogP contribution in [0, 0.1) is 17.8 Å². The molecule has 1 N–H and O–H groups in total. The van der Waals surface area contributed by atoms with Gasteiger partial charge in [-0.3, -0.25) is 14.4 Å². The lowest BCUT2D eigenvalue weighted by Crippen LogP contribution is -2.39. The molecule has 1 aliphatic carbocycles. The van der Waals surface area contributed by atoms with Crippen molar-refractivity contribution in [2.75, 3.05) is 13.2 Å². The largest absolute Gasteiger partial charge is 0.481 e. The lowest BCUT2D eigenvalue weighted by atomic mass is 9.74. The van der Waals surface area contributed by atoms with Crippen molar-refractivity contribution in [2.24, 2.45) is 17.8 Å².